The summed E-state index contributed by atoms with van der Waals surface area (Å²) in [5, 5.41) is 8.50. The molecule has 0 bridgehead atoms. The largest absolute Gasteiger partial charge is 0.395 e. The Kier molecular flexibility index (Phi) is 7.28. The van der Waals surface area contributed by atoms with Gasteiger partial charge in [-0.2, -0.15) is 0 Å². The van der Waals surface area contributed by atoms with E-state index in [9.17, 15) is 0 Å². The smallest absolute Gasteiger partial charge is 0.157 e. The molecule has 1 saturated heterocycles. The van der Waals surface area contributed by atoms with Crippen LogP contribution in [0.3, 0.4) is 0 Å². The van der Waals surface area contributed by atoms with Crippen LogP contribution in [0.5, 0.6) is 0 Å². The van der Waals surface area contributed by atoms with Crippen LogP contribution in [0.25, 0.3) is 0 Å². The van der Waals surface area contributed by atoms with Gasteiger partial charge in [-0.3, -0.25) is 0 Å². The van der Waals surface area contributed by atoms with Gasteiger partial charge in [0.1, 0.15) is 0 Å². The lowest BCUT2D eigenvalue weighted by atomic mass is 10.2. The lowest BCUT2D eigenvalue weighted by Crippen LogP contribution is -2.22. The molecule has 0 aromatic carbocycles. The van der Waals surface area contributed by atoms with Crippen LogP contribution in [-0.2, 0) is 9.47 Å². The molecule has 3 nitrogen and oxygen atoms in total. The molecule has 0 aromatic heterocycles. The van der Waals surface area contributed by atoms with Gasteiger partial charge in [-0.05, 0) is 25.7 Å². The van der Waals surface area contributed by atoms with E-state index in [4.69, 9.17) is 14.6 Å². The molecule has 1 heterocycles. The second kappa shape index (κ2) is 8.72. The molecule has 0 aliphatic carbocycles. The summed E-state index contributed by atoms with van der Waals surface area (Å²) in [7, 11) is 0. The monoisotopic (exact) mass is 212 g/mol. The predicted molar refractivity (Wildman–Crippen MR) is 58.3 cm³/mol. The Bertz CT molecular complexity index is 199. The van der Waals surface area contributed by atoms with Gasteiger partial charge < -0.3 is 14.6 Å². The van der Waals surface area contributed by atoms with Crippen molar-refractivity contribution in [1.29, 1.82) is 0 Å². The SMILES string of the molecule is OCCC#CCCCO[C@@H]1CCCCO1. The number of aliphatic hydroxyl groups excluding tert-OH is 1. The zero-order valence-electron chi connectivity index (χ0n) is 9.21. The predicted octanol–water partition coefficient (Wildman–Crippen LogP) is 1.70. The summed E-state index contributed by atoms with van der Waals surface area (Å²) in [6.45, 7) is 1.71. The van der Waals surface area contributed by atoms with E-state index < -0.39 is 0 Å². The average molecular weight is 212 g/mol. The van der Waals surface area contributed by atoms with Gasteiger partial charge in [-0.25, -0.2) is 0 Å². The zero-order chi connectivity index (χ0) is 10.8. The maximum atomic E-state index is 8.50. The van der Waals surface area contributed by atoms with Crippen molar-refractivity contribution < 1.29 is 14.6 Å². The summed E-state index contributed by atoms with van der Waals surface area (Å²) in [5.41, 5.74) is 0. The van der Waals surface area contributed by atoms with Gasteiger partial charge >= 0.3 is 0 Å². The van der Waals surface area contributed by atoms with Crippen LogP contribution >= 0.6 is 0 Å². The second-order valence-corrected chi connectivity index (χ2v) is 3.60. The molecule has 1 N–H and O–H groups in total. The third-order valence-corrected chi connectivity index (χ3v) is 2.25. The van der Waals surface area contributed by atoms with Crippen LogP contribution in [0.1, 0.15) is 38.5 Å². The Labute approximate surface area is 91.8 Å². The van der Waals surface area contributed by atoms with Crippen molar-refractivity contribution in [3.63, 3.8) is 0 Å². The highest BCUT2D eigenvalue weighted by atomic mass is 16.7. The van der Waals surface area contributed by atoms with Crippen molar-refractivity contribution in [3.05, 3.63) is 0 Å². The molecule has 1 aliphatic rings. The van der Waals surface area contributed by atoms with Gasteiger partial charge in [0.05, 0.1) is 13.2 Å². The lowest BCUT2D eigenvalue weighted by Gasteiger charge is -2.22. The van der Waals surface area contributed by atoms with E-state index in [1.807, 2.05) is 0 Å². The highest BCUT2D eigenvalue weighted by Crippen LogP contribution is 2.13. The first-order valence-electron chi connectivity index (χ1n) is 5.73. The van der Waals surface area contributed by atoms with Crippen LogP contribution in [0.4, 0.5) is 0 Å². The number of rotatable bonds is 5. The average Bonchev–Trinajstić information content (AvgIpc) is 2.29. The molecule has 0 spiro atoms. The summed E-state index contributed by atoms with van der Waals surface area (Å²) in [6.07, 6.45) is 5.77. The summed E-state index contributed by atoms with van der Waals surface area (Å²) in [4.78, 5) is 0. The summed E-state index contributed by atoms with van der Waals surface area (Å²) < 4.78 is 11.0. The maximum Gasteiger partial charge on any atom is 0.157 e. The fourth-order valence-electron chi connectivity index (χ4n) is 1.45. The lowest BCUT2D eigenvalue weighted by molar-refractivity contribution is -0.162. The Morgan fingerprint density at radius 2 is 2.13 bits per heavy atom. The van der Waals surface area contributed by atoms with E-state index in [1.54, 1.807) is 0 Å². The van der Waals surface area contributed by atoms with Crippen molar-refractivity contribution >= 4 is 0 Å². The molecule has 3 heteroatoms. The van der Waals surface area contributed by atoms with Crippen molar-refractivity contribution in [3.8, 4) is 11.8 Å². The van der Waals surface area contributed by atoms with Gasteiger partial charge in [-0.15, -0.1) is 11.8 Å². The Morgan fingerprint density at radius 3 is 2.87 bits per heavy atom. The molecule has 1 rings (SSSR count). The first kappa shape index (κ1) is 12.5. The number of aliphatic hydroxyl groups is 1. The fraction of sp³-hybridized carbons (Fsp3) is 0.833. The van der Waals surface area contributed by atoms with Crippen molar-refractivity contribution in [2.75, 3.05) is 19.8 Å². The van der Waals surface area contributed by atoms with Gasteiger partial charge in [0.2, 0.25) is 0 Å². The molecule has 0 saturated carbocycles. The van der Waals surface area contributed by atoms with E-state index >= 15 is 0 Å². The fourth-order valence-corrected chi connectivity index (χ4v) is 1.45. The van der Waals surface area contributed by atoms with E-state index in [-0.39, 0.29) is 12.9 Å². The number of hydrogen-bond acceptors (Lipinski definition) is 3. The molecule has 0 unspecified atom stereocenters. The van der Waals surface area contributed by atoms with E-state index in [0.717, 1.165) is 38.9 Å². The summed E-state index contributed by atoms with van der Waals surface area (Å²) in [5.74, 6) is 5.88. The van der Waals surface area contributed by atoms with Crippen LogP contribution in [-0.4, -0.2) is 31.2 Å². The second-order valence-electron chi connectivity index (χ2n) is 3.60. The molecule has 86 valence electrons. The molecular weight excluding hydrogens is 192 g/mol. The van der Waals surface area contributed by atoms with Crippen LogP contribution < -0.4 is 0 Å². The minimum absolute atomic E-state index is 0.0177. The number of ether oxygens (including phenoxy) is 2. The quantitative estimate of drug-likeness (QED) is 0.557. The van der Waals surface area contributed by atoms with Crippen molar-refractivity contribution in [2.24, 2.45) is 0 Å². The molecular formula is C12H20O3. The van der Waals surface area contributed by atoms with Crippen LogP contribution in [0, 0.1) is 11.8 Å². The number of unbranched alkanes of at least 4 members (excludes halogenated alkanes) is 1. The molecule has 1 atom stereocenters. The number of hydrogen-bond donors (Lipinski definition) is 1. The highest BCUT2D eigenvalue weighted by Gasteiger charge is 2.12. The first-order chi connectivity index (χ1) is 7.43. The Hall–Kier alpha value is -0.560. The molecule has 1 aliphatic heterocycles. The molecule has 15 heavy (non-hydrogen) atoms. The van der Waals surface area contributed by atoms with Crippen molar-refractivity contribution in [2.45, 2.75) is 44.8 Å². The topological polar surface area (TPSA) is 38.7 Å². The van der Waals surface area contributed by atoms with Gasteiger partial charge in [0.15, 0.2) is 6.29 Å². The standard InChI is InChI=1S/C12H20O3/c13-9-5-2-1-3-6-10-14-12-8-4-7-11-15-12/h12-13H,3-11H2/t12-/m0/s1. The summed E-state index contributed by atoms with van der Waals surface area (Å²) >= 11 is 0. The minimum Gasteiger partial charge on any atom is -0.395 e. The maximum absolute atomic E-state index is 8.50. The Balaban J connectivity index is 1.90. The van der Waals surface area contributed by atoms with Crippen LogP contribution in [0.2, 0.25) is 0 Å². The third kappa shape index (κ3) is 6.51. The van der Waals surface area contributed by atoms with E-state index in [1.165, 1.54) is 6.42 Å². The molecule has 0 radical (unpaired) electrons. The van der Waals surface area contributed by atoms with Gasteiger partial charge in [0.25, 0.3) is 0 Å². The van der Waals surface area contributed by atoms with Crippen molar-refractivity contribution in [1.82, 2.24) is 0 Å². The third-order valence-electron chi connectivity index (χ3n) is 2.25. The van der Waals surface area contributed by atoms with E-state index in [0.29, 0.717) is 6.42 Å². The van der Waals surface area contributed by atoms with Gasteiger partial charge in [0, 0.05) is 19.4 Å². The van der Waals surface area contributed by atoms with Gasteiger partial charge in [-0.1, -0.05) is 0 Å². The highest BCUT2D eigenvalue weighted by molar-refractivity contribution is 4.98. The normalized spacial score (nSPS) is 20.7. The molecule has 1 fully saturated rings. The first-order valence-corrected chi connectivity index (χ1v) is 5.73. The Morgan fingerprint density at radius 1 is 1.27 bits per heavy atom. The van der Waals surface area contributed by atoms with E-state index in [2.05, 4.69) is 11.8 Å². The minimum atomic E-state index is 0.0177. The molecule has 0 aromatic rings. The zero-order valence-corrected chi connectivity index (χ0v) is 9.21. The van der Waals surface area contributed by atoms with Crippen LogP contribution in [0.15, 0.2) is 0 Å². The molecule has 0 amide bonds. The summed E-state index contributed by atoms with van der Waals surface area (Å²) in [6, 6.07) is 0.